The number of halogens is 3. The fraction of sp³-hybridized carbons (Fsp3) is 0.421. The SMILES string of the molecule is COc1ccc(C2(CNc3ncccc3C(F)(F)F)CCOCC2)cc1. The molecular weight excluding hydrogens is 345 g/mol. The molecule has 1 aliphatic rings. The van der Waals surface area contributed by atoms with Crippen LogP contribution in [0.5, 0.6) is 5.75 Å². The Hall–Kier alpha value is -2.28. The average molecular weight is 366 g/mol. The van der Waals surface area contributed by atoms with Gasteiger partial charge in [-0.2, -0.15) is 13.2 Å². The van der Waals surface area contributed by atoms with Gasteiger partial charge in [0.15, 0.2) is 0 Å². The number of nitrogens with zero attached hydrogens (tertiary/aromatic N) is 1. The fourth-order valence-electron chi connectivity index (χ4n) is 3.30. The Bertz CT molecular complexity index is 726. The van der Waals surface area contributed by atoms with Crippen LogP contribution in [0, 0.1) is 0 Å². The number of hydrogen-bond acceptors (Lipinski definition) is 4. The lowest BCUT2D eigenvalue weighted by Crippen LogP contribution is -2.40. The van der Waals surface area contributed by atoms with Crippen LogP contribution in [0.15, 0.2) is 42.6 Å². The summed E-state index contributed by atoms with van der Waals surface area (Å²) < 4.78 is 50.3. The van der Waals surface area contributed by atoms with Gasteiger partial charge in [0, 0.05) is 31.4 Å². The molecule has 1 aliphatic heterocycles. The van der Waals surface area contributed by atoms with E-state index in [0.717, 1.165) is 30.2 Å². The predicted molar refractivity (Wildman–Crippen MR) is 92.5 cm³/mol. The van der Waals surface area contributed by atoms with Gasteiger partial charge < -0.3 is 14.8 Å². The topological polar surface area (TPSA) is 43.4 Å². The summed E-state index contributed by atoms with van der Waals surface area (Å²) in [6.45, 7) is 1.49. The molecule has 1 N–H and O–H groups in total. The molecule has 1 fully saturated rings. The highest BCUT2D eigenvalue weighted by Gasteiger charge is 2.37. The zero-order valence-electron chi connectivity index (χ0n) is 14.5. The molecule has 0 saturated carbocycles. The molecule has 1 aromatic carbocycles. The largest absolute Gasteiger partial charge is 0.497 e. The summed E-state index contributed by atoms with van der Waals surface area (Å²) in [5, 5.41) is 2.94. The number of methoxy groups -OCH3 is 1. The van der Waals surface area contributed by atoms with Crippen molar-refractivity contribution in [2.75, 3.05) is 32.2 Å². The maximum Gasteiger partial charge on any atom is 0.419 e. The maximum absolute atomic E-state index is 13.2. The summed E-state index contributed by atoms with van der Waals surface area (Å²) in [4.78, 5) is 3.90. The van der Waals surface area contributed by atoms with Crippen LogP contribution >= 0.6 is 0 Å². The lowest BCUT2D eigenvalue weighted by molar-refractivity contribution is -0.137. The van der Waals surface area contributed by atoms with Crippen LogP contribution in [0.1, 0.15) is 24.0 Å². The van der Waals surface area contributed by atoms with Gasteiger partial charge in [0.05, 0.1) is 12.7 Å². The van der Waals surface area contributed by atoms with Crippen molar-refractivity contribution in [2.45, 2.75) is 24.4 Å². The van der Waals surface area contributed by atoms with Crippen molar-refractivity contribution in [1.29, 1.82) is 0 Å². The van der Waals surface area contributed by atoms with Crippen molar-refractivity contribution in [2.24, 2.45) is 0 Å². The van der Waals surface area contributed by atoms with Crippen LogP contribution in [-0.2, 0) is 16.3 Å². The van der Waals surface area contributed by atoms with Gasteiger partial charge >= 0.3 is 6.18 Å². The van der Waals surface area contributed by atoms with E-state index >= 15 is 0 Å². The highest BCUT2D eigenvalue weighted by atomic mass is 19.4. The van der Waals surface area contributed by atoms with E-state index in [1.54, 1.807) is 7.11 Å². The Kier molecular flexibility index (Phi) is 5.36. The first-order valence-corrected chi connectivity index (χ1v) is 8.43. The molecule has 4 nitrogen and oxygen atoms in total. The van der Waals surface area contributed by atoms with Crippen molar-refractivity contribution in [3.8, 4) is 5.75 Å². The molecule has 1 aromatic heterocycles. The Morgan fingerprint density at radius 1 is 1.15 bits per heavy atom. The van der Waals surface area contributed by atoms with Crippen LogP contribution in [-0.4, -0.2) is 31.9 Å². The van der Waals surface area contributed by atoms with Crippen LogP contribution in [0.3, 0.4) is 0 Å². The molecule has 0 atom stereocenters. The summed E-state index contributed by atoms with van der Waals surface area (Å²) in [5.74, 6) is 0.604. The standard InChI is InChI=1S/C19H21F3N2O2/c1-25-15-6-4-14(5-7-15)18(8-11-26-12-9-18)13-24-17-16(19(20,21)22)3-2-10-23-17/h2-7,10H,8-9,11-13H2,1H3,(H,23,24). The molecule has 2 aromatic rings. The zero-order chi connectivity index (χ0) is 18.6. The van der Waals surface area contributed by atoms with E-state index in [4.69, 9.17) is 9.47 Å². The Balaban J connectivity index is 1.86. The molecule has 140 valence electrons. The summed E-state index contributed by atoms with van der Waals surface area (Å²) >= 11 is 0. The number of aromatic nitrogens is 1. The van der Waals surface area contributed by atoms with Gasteiger partial charge in [0.25, 0.3) is 0 Å². The third kappa shape index (κ3) is 3.93. The third-order valence-corrected chi connectivity index (χ3v) is 4.86. The molecule has 0 aliphatic carbocycles. The number of alkyl halides is 3. The number of benzene rings is 1. The molecule has 3 rings (SSSR count). The van der Waals surface area contributed by atoms with E-state index in [1.165, 1.54) is 12.3 Å². The highest BCUT2D eigenvalue weighted by Crippen LogP contribution is 2.38. The van der Waals surface area contributed by atoms with Gasteiger partial charge in [0.1, 0.15) is 11.6 Å². The Morgan fingerprint density at radius 3 is 2.46 bits per heavy atom. The first-order valence-electron chi connectivity index (χ1n) is 8.43. The Labute approximate surface area is 150 Å². The number of ether oxygens (including phenoxy) is 2. The second-order valence-corrected chi connectivity index (χ2v) is 6.37. The van der Waals surface area contributed by atoms with E-state index < -0.39 is 11.7 Å². The van der Waals surface area contributed by atoms with Crippen molar-refractivity contribution in [1.82, 2.24) is 4.98 Å². The van der Waals surface area contributed by atoms with Gasteiger partial charge in [-0.1, -0.05) is 12.1 Å². The van der Waals surface area contributed by atoms with Crippen molar-refractivity contribution in [3.05, 3.63) is 53.7 Å². The number of nitrogens with one attached hydrogen (secondary N) is 1. The minimum Gasteiger partial charge on any atom is -0.497 e. The van der Waals surface area contributed by atoms with E-state index in [1.807, 2.05) is 24.3 Å². The molecule has 0 bridgehead atoms. The molecule has 7 heteroatoms. The molecular formula is C19H21F3N2O2. The van der Waals surface area contributed by atoms with Crippen LogP contribution in [0.25, 0.3) is 0 Å². The van der Waals surface area contributed by atoms with Crippen molar-refractivity contribution < 1.29 is 22.6 Å². The number of anilines is 1. The lowest BCUT2D eigenvalue weighted by Gasteiger charge is -2.38. The van der Waals surface area contributed by atoms with E-state index in [0.29, 0.717) is 19.8 Å². The normalized spacial score (nSPS) is 16.9. The van der Waals surface area contributed by atoms with E-state index in [2.05, 4.69) is 10.3 Å². The molecule has 0 radical (unpaired) electrons. The minimum atomic E-state index is -4.44. The summed E-state index contributed by atoms with van der Waals surface area (Å²) in [5.41, 5.74) is -0.0132. The van der Waals surface area contributed by atoms with Gasteiger partial charge in [-0.15, -0.1) is 0 Å². The smallest absolute Gasteiger partial charge is 0.419 e. The first kappa shape index (κ1) is 18.5. The van der Waals surface area contributed by atoms with Crippen LogP contribution in [0.2, 0.25) is 0 Å². The van der Waals surface area contributed by atoms with Crippen molar-refractivity contribution >= 4 is 5.82 Å². The van der Waals surface area contributed by atoms with Crippen molar-refractivity contribution in [3.63, 3.8) is 0 Å². The lowest BCUT2D eigenvalue weighted by atomic mass is 9.74. The van der Waals surface area contributed by atoms with Gasteiger partial charge in [-0.3, -0.25) is 0 Å². The molecule has 0 unspecified atom stereocenters. The third-order valence-electron chi connectivity index (χ3n) is 4.86. The second kappa shape index (κ2) is 7.53. The fourth-order valence-corrected chi connectivity index (χ4v) is 3.30. The molecule has 1 saturated heterocycles. The number of rotatable bonds is 5. The average Bonchev–Trinajstić information content (AvgIpc) is 2.67. The van der Waals surface area contributed by atoms with Gasteiger partial charge in [-0.25, -0.2) is 4.98 Å². The number of pyridine rings is 1. The quantitative estimate of drug-likeness (QED) is 0.858. The van der Waals surface area contributed by atoms with Gasteiger partial charge in [0.2, 0.25) is 0 Å². The molecule has 26 heavy (non-hydrogen) atoms. The monoisotopic (exact) mass is 366 g/mol. The van der Waals surface area contributed by atoms with Crippen LogP contribution < -0.4 is 10.1 Å². The number of hydrogen-bond donors (Lipinski definition) is 1. The minimum absolute atomic E-state index is 0.139. The summed E-state index contributed by atoms with van der Waals surface area (Å²) in [6.07, 6.45) is -1.64. The first-order chi connectivity index (χ1) is 12.4. The summed E-state index contributed by atoms with van der Waals surface area (Å²) in [7, 11) is 1.60. The van der Waals surface area contributed by atoms with Gasteiger partial charge in [-0.05, 0) is 42.7 Å². The Morgan fingerprint density at radius 2 is 1.85 bits per heavy atom. The molecule has 2 heterocycles. The second-order valence-electron chi connectivity index (χ2n) is 6.37. The van der Waals surface area contributed by atoms with E-state index in [-0.39, 0.29) is 11.2 Å². The van der Waals surface area contributed by atoms with Crippen LogP contribution in [0.4, 0.5) is 19.0 Å². The molecule has 0 amide bonds. The van der Waals surface area contributed by atoms with E-state index in [9.17, 15) is 13.2 Å². The molecule has 0 spiro atoms. The summed E-state index contributed by atoms with van der Waals surface area (Å²) in [6, 6.07) is 10.0. The predicted octanol–water partition coefficient (Wildman–Crippen LogP) is 4.27. The highest BCUT2D eigenvalue weighted by molar-refractivity contribution is 5.47. The maximum atomic E-state index is 13.2. The zero-order valence-corrected chi connectivity index (χ0v) is 14.5.